The Morgan fingerprint density at radius 3 is 2.52 bits per heavy atom. The van der Waals surface area contributed by atoms with E-state index >= 15 is 0 Å². The largest absolute Gasteiger partial charge is 0.469 e. The van der Waals surface area contributed by atoms with Crippen molar-refractivity contribution in [1.82, 2.24) is 8.61 Å². The van der Waals surface area contributed by atoms with Gasteiger partial charge in [0, 0.05) is 26.7 Å². The van der Waals surface area contributed by atoms with Crippen molar-refractivity contribution < 1.29 is 27.8 Å². The Labute approximate surface area is 125 Å². The predicted octanol–water partition coefficient (Wildman–Crippen LogP) is -0.801. The number of carbonyl (C=O) groups is 1. The molecule has 1 saturated heterocycles. The zero-order chi connectivity index (χ0) is 15.9. The summed E-state index contributed by atoms with van der Waals surface area (Å²) in [6, 6.07) is 0. The van der Waals surface area contributed by atoms with Gasteiger partial charge in [0.25, 0.3) is 10.2 Å². The molecule has 9 heteroatoms. The molecule has 0 radical (unpaired) electrons. The summed E-state index contributed by atoms with van der Waals surface area (Å²) in [5, 5.41) is 8.70. The Hall–Kier alpha value is -0.740. The molecule has 1 heterocycles. The lowest BCUT2D eigenvalue weighted by molar-refractivity contribution is -0.140. The van der Waals surface area contributed by atoms with Gasteiger partial charge in [0.1, 0.15) is 0 Å². The molecule has 124 valence electrons. The average Bonchev–Trinajstić information content (AvgIpc) is 2.50. The van der Waals surface area contributed by atoms with E-state index in [4.69, 9.17) is 9.84 Å². The Kier molecular flexibility index (Phi) is 7.53. The van der Waals surface area contributed by atoms with Crippen LogP contribution in [0.15, 0.2) is 0 Å². The molecule has 0 atom stereocenters. The summed E-state index contributed by atoms with van der Waals surface area (Å²) in [5.41, 5.74) is 0. The minimum absolute atomic E-state index is 0.0102. The van der Waals surface area contributed by atoms with Crippen LogP contribution in [0, 0.1) is 0 Å². The molecule has 0 unspecified atom stereocenters. The number of aliphatic hydroxyl groups excluding tert-OH is 1. The lowest BCUT2D eigenvalue weighted by Gasteiger charge is -2.33. The number of nitrogens with zero attached hydrogens (tertiary/aromatic N) is 2. The van der Waals surface area contributed by atoms with Crippen molar-refractivity contribution in [2.24, 2.45) is 0 Å². The molecule has 1 aliphatic rings. The van der Waals surface area contributed by atoms with Gasteiger partial charge in [-0.3, -0.25) is 4.79 Å². The molecule has 1 aliphatic heterocycles. The molecule has 0 aromatic rings. The molecule has 1 N–H and O–H groups in total. The maximum Gasteiger partial charge on any atom is 0.306 e. The van der Waals surface area contributed by atoms with E-state index < -0.39 is 16.2 Å². The highest BCUT2D eigenvalue weighted by molar-refractivity contribution is 7.86. The van der Waals surface area contributed by atoms with E-state index in [-0.39, 0.29) is 32.3 Å². The van der Waals surface area contributed by atoms with Crippen molar-refractivity contribution in [3.8, 4) is 0 Å². The number of ether oxygens (including phenoxy) is 2. The van der Waals surface area contributed by atoms with Gasteiger partial charge in [0.05, 0.1) is 32.8 Å². The monoisotopic (exact) mass is 324 g/mol. The van der Waals surface area contributed by atoms with E-state index in [1.165, 1.54) is 22.8 Å². The first-order valence-electron chi connectivity index (χ1n) is 6.92. The van der Waals surface area contributed by atoms with Gasteiger partial charge in [0.2, 0.25) is 0 Å². The molecule has 0 spiro atoms. The van der Waals surface area contributed by atoms with Crippen LogP contribution in [-0.4, -0.2) is 81.2 Å². The lowest BCUT2D eigenvalue weighted by atomic mass is 10.1. The molecule has 0 aliphatic carbocycles. The van der Waals surface area contributed by atoms with Crippen LogP contribution in [0.1, 0.15) is 19.3 Å². The third-order valence-corrected chi connectivity index (χ3v) is 5.41. The third kappa shape index (κ3) is 5.51. The SMILES string of the molecule is COC(=O)CCN(C)S(=O)(=O)N1CCC(OCCO)CC1. The maximum absolute atomic E-state index is 12.3. The second-order valence-corrected chi connectivity index (χ2v) is 6.88. The molecule has 0 amide bonds. The Morgan fingerprint density at radius 1 is 1.38 bits per heavy atom. The second kappa shape index (κ2) is 8.64. The third-order valence-electron chi connectivity index (χ3n) is 3.42. The zero-order valence-corrected chi connectivity index (χ0v) is 13.3. The standard InChI is InChI=1S/C12H24N2O6S/c1-13(6-5-12(16)19-2)21(17,18)14-7-3-11(4-8-14)20-10-9-15/h11,15H,3-10H2,1-2H3. The van der Waals surface area contributed by atoms with Crippen LogP contribution >= 0.6 is 0 Å². The molecule has 21 heavy (non-hydrogen) atoms. The summed E-state index contributed by atoms with van der Waals surface area (Å²) < 4.78 is 37.1. The van der Waals surface area contributed by atoms with E-state index in [1.54, 1.807) is 0 Å². The van der Waals surface area contributed by atoms with Crippen molar-refractivity contribution in [2.75, 3.05) is 47.0 Å². The molecule has 1 rings (SSSR count). The van der Waals surface area contributed by atoms with Crippen molar-refractivity contribution >= 4 is 16.2 Å². The Morgan fingerprint density at radius 2 is 2.00 bits per heavy atom. The molecule has 0 aromatic carbocycles. The number of esters is 1. The van der Waals surface area contributed by atoms with Gasteiger partial charge in [-0.25, -0.2) is 0 Å². The van der Waals surface area contributed by atoms with Gasteiger partial charge < -0.3 is 14.6 Å². The van der Waals surface area contributed by atoms with Gasteiger partial charge in [-0.2, -0.15) is 17.0 Å². The normalized spacial score (nSPS) is 18.1. The summed E-state index contributed by atoms with van der Waals surface area (Å²) in [6.07, 6.45) is 1.22. The number of rotatable bonds is 8. The van der Waals surface area contributed by atoms with Crippen LogP contribution < -0.4 is 0 Å². The summed E-state index contributed by atoms with van der Waals surface area (Å²) in [5.74, 6) is -0.437. The Balaban J connectivity index is 2.46. The van der Waals surface area contributed by atoms with E-state index in [1.807, 2.05) is 0 Å². The molecular formula is C12H24N2O6S. The number of hydrogen-bond donors (Lipinski definition) is 1. The predicted molar refractivity (Wildman–Crippen MR) is 75.8 cm³/mol. The number of hydrogen-bond acceptors (Lipinski definition) is 6. The highest BCUT2D eigenvalue weighted by Gasteiger charge is 2.31. The lowest BCUT2D eigenvalue weighted by Crippen LogP contribution is -2.47. The summed E-state index contributed by atoms with van der Waals surface area (Å²) in [7, 11) is -0.833. The van der Waals surface area contributed by atoms with Crippen LogP contribution in [-0.2, 0) is 24.5 Å². The number of piperidine rings is 1. The number of carbonyl (C=O) groups excluding carboxylic acids is 1. The van der Waals surface area contributed by atoms with Crippen LogP contribution in [0.2, 0.25) is 0 Å². The van der Waals surface area contributed by atoms with Crippen molar-refractivity contribution in [2.45, 2.75) is 25.4 Å². The average molecular weight is 324 g/mol. The van der Waals surface area contributed by atoms with Gasteiger partial charge in [-0.1, -0.05) is 0 Å². The van der Waals surface area contributed by atoms with E-state index in [9.17, 15) is 13.2 Å². The first-order valence-corrected chi connectivity index (χ1v) is 8.32. The van der Waals surface area contributed by atoms with Crippen LogP contribution in [0.4, 0.5) is 0 Å². The van der Waals surface area contributed by atoms with Crippen LogP contribution in [0.25, 0.3) is 0 Å². The summed E-state index contributed by atoms with van der Waals surface area (Å²) in [4.78, 5) is 11.1. The molecule has 8 nitrogen and oxygen atoms in total. The minimum atomic E-state index is -3.56. The molecule has 1 fully saturated rings. The van der Waals surface area contributed by atoms with Crippen LogP contribution in [0.5, 0.6) is 0 Å². The van der Waals surface area contributed by atoms with Gasteiger partial charge >= 0.3 is 5.97 Å². The zero-order valence-electron chi connectivity index (χ0n) is 12.5. The first kappa shape index (κ1) is 18.3. The van der Waals surface area contributed by atoms with Crippen LogP contribution in [0.3, 0.4) is 0 Å². The van der Waals surface area contributed by atoms with Crippen molar-refractivity contribution in [3.63, 3.8) is 0 Å². The molecular weight excluding hydrogens is 300 g/mol. The van der Waals surface area contributed by atoms with Gasteiger partial charge in [-0.15, -0.1) is 0 Å². The van der Waals surface area contributed by atoms with E-state index in [2.05, 4.69) is 4.74 Å². The fourth-order valence-corrected chi connectivity index (χ4v) is 3.50. The summed E-state index contributed by atoms with van der Waals surface area (Å²) >= 11 is 0. The Bertz CT molecular complexity index is 419. The maximum atomic E-state index is 12.3. The number of methoxy groups -OCH3 is 1. The topological polar surface area (TPSA) is 96.4 Å². The molecule has 0 saturated carbocycles. The minimum Gasteiger partial charge on any atom is -0.469 e. The van der Waals surface area contributed by atoms with Crippen molar-refractivity contribution in [3.05, 3.63) is 0 Å². The molecule has 0 bridgehead atoms. The van der Waals surface area contributed by atoms with Crippen molar-refractivity contribution in [1.29, 1.82) is 0 Å². The van der Waals surface area contributed by atoms with Gasteiger partial charge in [0.15, 0.2) is 0 Å². The highest BCUT2D eigenvalue weighted by Crippen LogP contribution is 2.18. The first-order chi connectivity index (χ1) is 9.91. The quantitative estimate of drug-likeness (QED) is 0.587. The van der Waals surface area contributed by atoms with Gasteiger partial charge in [-0.05, 0) is 12.8 Å². The van der Waals surface area contributed by atoms with E-state index in [0.717, 1.165) is 0 Å². The number of aliphatic hydroxyl groups is 1. The fraction of sp³-hybridized carbons (Fsp3) is 0.917. The second-order valence-electron chi connectivity index (χ2n) is 4.85. The molecule has 0 aromatic heterocycles. The highest BCUT2D eigenvalue weighted by atomic mass is 32.2. The smallest absolute Gasteiger partial charge is 0.306 e. The fourth-order valence-electron chi connectivity index (χ4n) is 2.11. The summed E-state index contributed by atoms with van der Waals surface area (Å²) in [6.45, 7) is 1.09. The van der Waals surface area contributed by atoms with E-state index in [0.29, 0.717) is 25.9 Å².